The van der Waals surface area contributed by atoms with Gasteiger partial charge in [-0.05, 0) is 147 Å². The largest absolute Gasteiger partial charge is 0.481 e. The zero-order valence-corrected chi connectivity index (χ0v) is 40.7. The molecule has 358 valence electrons. The van der Waals surface area contributed by atoms with E-state index in [9.17, 15) is 39.3 Å². The maximum Gasteiger partial charge on any atom is 0.303 e. The van der Waals surface area contributed by atoms with Crippen molar-refractivity contribution < 1.29 is 39.3 Å². The number of rotatable bonds is 20. The van der Waals surface area contributed by atoms with Gasteiger partial charge in [-0.15, -0.1) is 12.4 Å². The normalized spacial score (nSPS) is 32.9. The molecule has 3 unspecified atom stereocenters. The quantitative estimate of drug-likeness (QED) is 0.0722. The van der Waals surface area contributed by atoms with Gasteiger partial charge in [0.15, 0.2) is 0 Å². The van der Waals surface area contributed by atoms with Crippen LogP contribution in [0.15, 0.2) is 0 Å². The molecular weight excluding hydrogens is 810 g/mol. The van der Waals surface area contributed by atoms with Crippen molar-refractivity contribution in [1.29, 1.82) is 0 Å². The van der Waals surface area contributed by atoms with Crippen molar-refractivity contribution in [2.24, 2.45) is 75.7 Å². The first-order valence-corrected chi connectivity index (χ1v) is 23.9. The van der Waals surface area contributed by atoms with E-state index in [0.29, 0.717) is 51.4 Å². The zero-order chi connectivity index (χ0) is 45.7. The molecule has 14 heteroatoms. The molecule has 4 amide bonds. The second-order valence-corrected chi connectivity index (χ2v) is 22.3. The molecule has 0 saturated heterocycles. The lowest BCUT2D eigenvalue weighted by atomic mass is 9.43. The summed E-state index contributed by atoms with van der Waals surface area (Å²) in [5, 5.41) is 45.3. The average molecular weight is 897 g/mol. The van der Waals surface area contributed by atoms with E-state index >= 15 is 0 Å². The van der Waals surface area contributed by atoms with Crippen LogP contribution in [0.3, 0.4) is 0 Å². The lowest BCUT2D eigenvalue weighted by Gasteiger charge is -2.63. The lowest BCUT2D eigenvalue weighted by molar-refractivity contribution is -0.202. The number of hydrogen-bond donors (Lipinski definition) is 8. The Bertz CT molecular complexity index is 1530. The van der Waals surface area contributed by atoms with Crippen LogP contribution in [0.2, 0.25) is 0 Å². The van der Waals surface area contributed by atoms with Crippen LogP contribution in [0.4, 0.5) is 0 Å². The van der Waals surface area contributed by atoms with Crippen molar-refractivity contribution in [1.82, 2.24) is 21.3 Å². The number of aliphatic hydroxyl groups is 2. The molecular formula is C48H86ClN5O8. The Morgan fingerprint density at radius 2 is 1.16 bits per heavy atom. The number of halogens is 1. The Balaban J connectivity index is 0.0000102. The van der Waals surface area contributed by atoms with E-state index in [0.717, 1.165) is 25.7 Å². The number of hydrogen-bond acceptors (Lipinski definition) is 8. The average Bonchev–Trinajstić information content (AvgIpc) is 3.51. The van der Waals surface area contributed by atoms with Crippen LogP contribution in [0.1, 0.15) is 160 Å². The van der Waals surface area contributed by atoms with Crippen molar-refractivity contribution in [2.75, 3.05) is 0 Å². The summed E-state index contributed by atoms with van der Waals surface area (Å²) < 4.78 is 0. The number of aliphatic carboxylic acids is 1. The zero-order valence-electron chi connectivity index (χ0n) is 39.9. The summed E-state index contributed by atoms with van der Waals surface area (Å²) in [5.41, 5.74) is 5.67. The van der Waals surface area contributed by atoms with Crippen molar-refractivity contribution in [3.63, 3.8) is 0 Å². The molecule has 0 heterocycles. The highest BCUT2D eigenvalue weighted by Gasteiger charge is 2.65. The number of carbonyl (C=O) groups excluding carboxylic acids is 4. The molecule has 15 atom stereocenters. The second-order valence-electron chi connectivity index (χ2n) is 22.3. The van der Waals surface area contributed by atoms with E-state index in [1.54, 1.807) is 0 Å². The summed E-state index contributed by atoms with van der Waals surface area (Å²) in [6, 6.07) is -3.51. The SMILES string of the molecule is CC(C)C[C@H](NC(=O)[C@H](CC(C)C)NC(=O)[C@H](CC(C)C)NC(=O)[C@@H](N)CC(C)C)C(=O)N[C@H]1CC[C@]2(C)C3C[C@H](O)[C@@]4(C)C(CC[C@@H]4[C@H](C)CCC(=O)O)C3[C@H](O)C[C@@H]2C1.Cl. The van der Waals surface area contributed by atoms with Gasteiger partial charge in [0.05, 0.1) is 18.2 Å². The summed E-state index contributed by atoms with van der Waals surface area (Å²) in [5.74, 6) is -1.02. The van der Waals surface area contributed by atoms with Crippen LogP contribution in [-0.4, -0.2) is 87.3 Å². The molecule has 0 spiro atoms. The van der Waals surface area contributed by atoms with Gasteiger partial charge in [-0.25, -0.2) is 0 Å². The minimum Gasteiger partial charge on any atom is -0.481 e. The fourth-order valence-electron chi connectivity index (χ4n) is 12.7. The number of aliphatic hydroxyl groups excluding tert-OH is 2. The summed E-state index contributed by atoms with van der Waals surface area (Å²) >= 11 is 0. The van der Waals surface area contributed by atoms with E-state index in [1.165, 1.54) is 0 Å². The van der Waals surface area contributed by atoms with Crippen molar-refractivity contribution in [2.45, 2.75) is 202 Å². The Kier molecular flexibility index (Phi) is 19.6. The molecule has 4 aliphatic carbocycles. The van der Waals surface area contributed by atoms with Crippen molar-refractivity contribution in [3.8, 4) is 0 Å². The molecule has 4 fully saturated rings. The Labute approximate surface area is 379 Å². The number of fused-ring (bicyclic) bond motifs is 5. The Hall–Kier alpha value is -2.48. The van der Waals surface area contributed by atoms with Crippen LogP contribution in [0.5, 0.6) is 0 Å². The number of carbonyl (C=O) groups is 5. The highest BCUT2D eigenvalue weighted by atomic mass is 35.5. The number of amides is 4. The maximum absolute atomic E-state index is 14.2. The molecule has 0 aromatic rings. The van der Waals surface area contributed by atoms with Crippen LogP contribution >= 0.6 is 12.4 Å². The van der Waals surface area contributed by atoms with Crippen LogP contribution < -0.4 is 27.0 Å². The van der Waals surface area contributed by atoms with Gasteiger partial charge in [-0.1, -0.05) is 76.2 Å². The third-order valence-electron chi connectivity index (χ3n) is 15.8. The van der Waals surface area contributed by atoms with E-state index in [2.05, 4.69) is 42.0 Å². The second kappa shape index (κ2) is 22.6. The van der Waals surface area contributed by atoms with Crippen molar-refractivity contribution >= 4 is 42.0 Å². The van der Waals surface area contributed by atoms with Crippen LogP contribution in [0, 0.1) is 70.0 Å². The highest BCUT2D eigenvalue weighted by Crippen LogP contribution is 2.68. The summed E-state index contributed by atoms with van der Waals surface area (Å²) in [6.45, 7) is 22.5. The standard InChI is InChI=1S/C48H85N5O8.ClH/c1-25(2)18-35(49)43(58)51-37(20-27(5)6)45(60)53-38(21-28(7)8)46(61)52-36(19-26(3)4)44(59)50-31-16-17-47(10)30(22-31)23-39(54)42-33-14-13-32(29(9)12-15-41(56)57)48(33,11)40(55)24-34(42)47;/h25-40,42,54-55H,12-24,49H2,1-11H3,(H,50,59)(H,51,58)(H,52,61)(H,53,60)(H,56,57);1H/t29-,30+,31+,32-,33?,34?,35+,36+,37+,38+,39-,40+,42?,47+,48-;/m1./s1. The van der Waals surface area contributed by atoms with E-state index in [-0.39, 0.29) is 101 Å². The highest BCUT2D eigenvalue weighted by molar-refractivity contribution is 5.94. The van der Waals surface area contributed by atoms with E-state index < -0.39 is 60.1 Å². The molecule has 4 saturated carbocycles. The predicted molar refractivity (Wildman–Crippen MR) is 245 cm³/mol. The molecule has 4 aliphatic rings. The first kappa shape index (κ1) is 53.9. The number of carboxylic acids is 1. The van der Waals surface area contributed by atoms with Gasteiger partial charge in [0.2, 0.25) is 23.6 Å². The first-order chi connectivity index (χ1) is 28.4. The van der Waals surface area contributed by atoms with Gasteiger partial charge in [0, 0.05) is 12.5 Å². The first-order valence-electron chi connectivity index (χ1n) is 23.9. The molecule has 9 N–H and O–H groups in total. The smallest absolute Gasteiger partial charge is 0.303 e. The third-order valence-corrected chi connectivity index (χ3v) is 15.8. The molecule has 0 aromatic heterocycles. The maximum atomic E-state index is 14.2. The fourth-order valence-corrected chi connectivity index (χ4v) is 12.7. The summed E-state index contributed by atoms with van der Waals surface area (Å²) in [7, 11) is 0. The topological polar surface area (TPSA) is 220 Å². The minimum absolute atomic E-state index is 0. The van der Waals surface area contributed by atoms with Gasteiger partial charge in [-0.2, -0.15) is 0 Å². The van der Waals surface area contributed by atoms with E-state index in [1.807, 2.05) is 55.4 Å². The van der Waals surface area contributed by atoms with Crippen LogP contribution in [0.25, 0.3) is 0 Å². The predicted octanol–water partition coefficient (Wildman–Crippen LogP) is 5.96. The number of nitrogens with one attached hydrogen (secondary N) is 4. The molecule has 0 aromatic carbocycles. The summed E-state index contributed by atoms with van der Waals surface area (Å²) in [6.07, 6.45) is 6.69. The lowest BCUT2D eigenvalue weighted by Crippen LogP contribution is -2.63. The molecule has 0 radical (unpaired) electrons. The molecule has 4 rings (SSSR count). The fraction of sp³-hybridized carbons (Fsp3) is 0.896. The van der Waals surface area contributed by atoms with Gasteiger partial charge >= 0.3 is 5.97 Å². The Morgan fingerprint density at radius 1 is 0.661 bits per heavy atom. The van der Waals surface area contributed by atoms with Gasteiger partial charge in [-0.3, -0.25) is 24.0 Å². The number of carboxylic acid groups (broad SMARTS) is 1. The van der Waals surface area contributed by atoms with Gasteiger partial charge in [0.25, 0.3) is 0 Å². The summed E-state index contributed by atoms with van der Waals surface area (Å²) in [4.78, 5) is 66.4. The Morgan fingerprint density at radius 3 is 1.66 bits per heavy atom. The monoisotopic (exact) mass is 896 g/mol. The third kappa shape index (κ3) is 12.9. The molecule has 13 nitrogen and oxygen atoms in total. The van der Waals surface area contributed by atoms with Crippen molar-refractivity contribution in [3.05, 3.63) is 0 Å². The van der Waals surface area contributed by atoms with Crippen LogP contribution in [-0.2, 0) is 24.0 Å². The van der Waals surface area contributed by atoms with E-state index in [4.69, 9.17) is 5.73 Å². The minimum atomic E-state index is -0.922. The molecule has 0 bridgehead atoms. The van der Waals surface area contributed by atoms with Gasteiger partial charge in [0.1, 0.15) is 18.1 Å². The van der Waals surface area contributed by atoms with Gasteiger partial charge < -0.3 is 42.3 Å². The number of nitrogens with two attached hydrogens (primary N) is 1. The molecule has 0 aliphatic heterocycles. The molecule has 62 heavy (non-hydrogen) atoms.